The van der Waals surface area contributed by atoms with Crippen LogP contribution in [0.15, 0.2) is 12.2 Å². The quantitative estimate of drug-likeness (QED) is 0.393. The maximum Gasteiger partial charge on any atom is -0.0194 e. The Labute approximate surface area is 158 Å². The van der Waals surface area contributed by atoms with Gasteiger partial charge in [0.1, 0.15) is 0 Å². The second kappa shape index (κ2) is 3.91. The third kappa shape index (κ3) is 1.16. The van der Waals surface area contributed by atoms with Crippen molar-refractivity contribution in [3.8, 4) is 0 Å². The van der Waals surface area contributed by atoms with Gasteiger partial charge < -0.3 is 0 Å². The van der Waals surface area contributed by atoms with E-state index in [1.165, 1.54) is 53.3 Å². The van der Waals surface area contributed by atoms with E-state index in [9.17, 15) is 0 Å². The van der Waals surface area contributed by atoms with Crippen LogP contribution < -0.4 is 0 Å². The Morgan fingerprint density at radius 2 is 1.35 bits per heavy atom. The molecule has 0 radical (unpaired) electrons. The van der Waals surface area contributed by atoms with Crippen LogP contribution in [0.4, 0.5) is 0 Å². The van der Waals surface area contributed by atoms with Crippen molar-refractivity contribution in [3.05, 3.63) is 12.2 Å². The van der Waals surface area contributed by atoms with E-state index >= 15 is 0 Å². The van der Waals surface area contributed by atoms with Crippen molar-refractivity contribution < 1.29 is 0 Å². The minimum absolute atomic E-state index is 0.768. The van der Waals surface area contributed by atoms with Gasteiger partial charge in [-0.15, -0.1) is 0 Å². The summed E-state index contributed by atoms with van der Waals surface area (Å²) in [5.74, 6) is 17.3. The zero-order valence-electron chi connectivity index (χ0n) is 16.3. The molecular weight excluding hydrogens is 312 g/mol. The molecule has 0 nitrogen and oxygen atoms in total. The highest BCUT2D eigenvalue weighted by Gasteiger charge is 2.79. The molecule has 0 aromatic carbocycles. The number of hydrogen-bond acceptors (Lipinski definition) is 0. The molecule has 0 heteroatoms. The van der Waals surface area contributed by atoms with Gasteiger partial charge in [-0.3, -0.25) is 0 Å². The van der Waals surface area contributed by atoms with Gasteiger partial charge in [-0.1, -0.05) is 19.1 Å². The Morgan fingerprint density at radius 1 is 0.615 bits per heavy atom. The second-order valence-electron chi connectivity index (χ2n) is 13.1. The van der Waals surface area contributed by atoms with Crippen LogP contribution in [0.1, 0.15) is 51.9 Å². The van der Waals surface area contributed by atoms with Crippen LogP contribution in [0, 0.1) is 94.2 Å². The standard InChI is InChI=1S/C26H34/c1-26-10-19(16-8-15-11-2-3-14(6-11)22(15)24(16)26)23-17-9-18(25(23)26)21-13-5-4-12(7-13)20(17)21/h2-3,11-25H,4-10H2,1H3. The van der Waals surface area contributed by atoms with Gasteiger partial charge in [0.2, 0.25) is 0 Å². The Bertz CT molecular complexity index is 749. The second-order valence-corrected chi connectivity index (χ2v) is 13.1. The van der Waals surface area contributed by atoms with E-state index in [0.717, 1.165) is 40.9 Å². The van der Waals surface area contributed by atoms with Gasteiger partial charge in [-0.2, -0.15) is 0 Å². The average Bonchev–Trinajstić information content (AvgIpc) is 3.46. The van der Waals surface area contributed by atoms with Crippen molar-refractivity contribution in [2.75, 3.05) is 0 Å². The summed E-state index contributed by atoms with van der Waals surface area (Å²) in [5, 5.41) is 0. The fourth-order valence-electron chi connectivity index (χ4n) is 13.7. The molecule has 0 aliphatic heterocycles. The fraction of sp³-hybridized carbons (Fsp3) is 0.923. The van der Waals surface area contributed by atoms with Crippen LogP contribution in [-0.4, -0.2) is 0 Å². The molecule has 8 fully saturated rings. The molecule has 0 aromatic heterocycles. The van der Waals surface area contributed by atoms with E-state index in [1.54, 1.807) is 44.9 Å². The van der Waals surface area contributed by atoms with E-state index in [0.29, 0.717) is 0 Å². The fourth-order valence-corrected chi connectivity index (χ4v) is 13.7. The lowest BCUT2D eigenvalue weighted by Gasteiger charge is -2.53. The molecule has 9 rings (SSSR count). The topological polar surface area (TPSA) is 0 Å². The Hall–Kier alpha value is -0.260. The molecule has 138 valence electrons. The SMILES string of the molecule is CC12CC(C3CC4C5C=CC(C5)C4C31)C1C3CC(C4C5CCC(C5)C34)C12. The number of fused-ring (bicyclic) bond motifs is 25. The summed E-state index contributed by atoms with van der Waals surface area (Å²) in [4.78, 5) is 0. The van der Waals surface area contributed by atoms with Gasteiger partial charge in [0, 0.05) is 0 Å². The first-order valence-corrected chi connectivity index (χ1v) is 12.4. The predicted octanol–water partition coefficient (Wildman–Crippen LogP) is 5.65. The monoisotopic (exact) mass is 346 g/mol. The largest absolute Gasteiger partial charge is 0.0848 e. The first-order chi connectivity index (χ1) is 12.7. The van der Waals surface area contributed by atoms with Gasteiger partial charge in [0.05, 0.1) is 0 Å². The van der Waals surface area contributed by atoms with Gasteiger partial charge in [0.25, 0.3) is 0 Å². The van der Waals surface area contributed by atoms with E-state index in [2.05, 4.69) is 19.1 Å². The van der Waals surface area contributed by atoms with E-state index in [-0.39, 0.29) is 0 Å². The van der Waals surface area contributed by atoms with E-state index in [1.807, 2.05) is 0 Å². The van der Waals surface area contributed by atoms with Crippen LogP contribution >= 0.6 is 0 Å². The predicted molar refractivity (Wildman–Crippen MR) is 102 cm³/mol. The van der Waals surface area contributed by atoms with E-state index in [4.69, 9.17) is 0 Å². The number of rotatable bonds is 0. The summed E-state index contributed by atoms with van der Waals surface area (Å²) < 4.78 is 0. The Morgan fingerprint density at radius 3 is 2.23 bits per heavy atom. The molecule has 8 bridgehead atoms. The van der Waals surface area contributed by atoms with Crippen LogP contribution in [0.25, 0.3) is 0 Å². The van der Waals surface area contributed by atoms with Crippen LogP contribution in [0.5, 0.6) is 0 Å². The lowest BCUT2D eigenvalue weighted by Crippen LogP contribution is -2.49. The van der Waals surface area contributed by atoms with Gasteiger partial charge in [-0.05, 0) is 139 Å². The lowest BCUT2D eigenvalue weighted by atomic mass is 9.52. The summed E-state index contributed by atoms with van der Waals surface area (Å²) in [6.07, 6.45) is 16.8. The molecule has 0 saturated heterocycles. The smallest absolute Gasteiger partial charge is 0.0194 e. The highest BCUT2D eigenvalue weighted by atomic mass is 14.8. The minimum atomic E-state index is 0.768. The van der Waals surface area contributed by atoms with Crippen LogP contribution in [0.2, 0.25) is 0 Å². The molecule has 0 spiro atoms. The van der Waals surface area contributed by atoms with Crippen molar-refractivity contribution in [1.82, 2.24) is 0 Å². The normalized spacial score (nSPS) is 77.5. The van der Waals surface area contributed by atoms with Crippen molar-refractivity contribution in [3.63, 3.8) is 0 Å². The van der Waals surface area contributed by atoms with Gasteiger partial charge in [-0.25, -0.2) is 0 Å². The third-order valence-corrected chi connectivity index (χ3v) is 13.3. The molecule has 0 N–H and O–H groups in total. The van der Waals surface area contributed by atoms with E-state index < -0.39 is 0 Å². The molecule has 0 amide bonds. The van der Waals surface area contributed by atoms with Crippen LogP contribution in [0.3, 0.4) is 0 Å². The number of allylic oxidation sites excluding steroid dienone is 2. The van der Waals surface area contributed by atoms with Gasteiger partial charge in [0.15, 0.2) is 0 Å². The summed E-state index contributed by atoms with van der Waals surface area (Å²) in [5.41, 5.74) is 0.768. The number of hydrogen-bond donors (Lipinski definition) is 0. The maximum absolute atomic E-state index is 2.86. The minimum Gasteiger partial charge on any atom is -0.0848 e. The first-order valence-electron chi connectivity index (χ1n) is 12.4. The summed E-state index contributed by atoms with van der Waals surface area (Å²) in [6, 6.07) is 0. The van der Waals surface area contributed by atoms with Crippen molar-refractivity contribution in [2.45, 2.75) is 51.9 Å². The van der Waals surface area contributed by atoms with Crippen molar-refractivity contribution in [2.24, 2.45) is 94.2 Å². The van der Waals surface area contributed by atoms with Crippen molar-refractivity contribution in [1.29, 1.82) is 0 Å². The Balaban J connectivity index is 1.17. The summed E-state index contributed by atoms with van der Waals surface area (Å²) in [6.45, 7) is 2.86. The molecule has 9 aliphatic rings. The lowest BCUT2D eigenvalue weighted by molar-refractivity contribution is -0.0564. The van der Waals surface area contributed by atoms with Crippen LogP contribution in [-0.2, 0) is 0 Å². The molecule has 8 saturated carbocycles. The molecule has 16 unspecified atom stereocenters. The highest BCUT2D eigenvalue weighted by molar-refractivity contribution is 5.29. The summed E-state index contributed by atoms with van der Waals surface area (Å²) in [7, 11) is 0. The molecule has 0 heterocycles. The first kappa shape index (κ1) is 13.8. The average molecular weight is 347 g/mol. The molecule has 0 aromatic rings. The zero-order chi connectivity index (χ0) is 16.5. The van der Waals surface area contributed by atoms with Gasteiger partial charge >= 0.3 is 0 Å². The molecular formula is C26H34. The van der Waals surface area contributed by atoms with Crippen molar-refractivity contribution >= 4 is 0 Å². The summed E-state index contributed by atoms with van der Waals surface area (Å²) >= 11 is 0. The third-order valence-electron chi connectivity index (χ3n) is 13.3. The molecule has 9 aliphatic carbocycles. The Kier molecular flexibility index (Phi) is 2.08. The zero-order valence-corrected chi connectivity index (χ0v) is 16.3. The highest BCUT2D eigenvalue weighted by Crippen LogP contribution is 2.84. The molecule has 16 atom stereocenters. The maximum atomic E-state index is 2.86. The molecule has 26 heavy (non-hydrogen) atoms.